The minimum absolute atomic E-state index is 0.199. The first kappa shape index (κ1) is 18.8. The number of aromatic nitrogens is 3. The van der Waals surface area contributed by atoms with Crippen molar-refractivity contribution in [3.8, 4) is 11.3 Å². The predicted molar refractivity (Wildman–Crippen MR) is 111 cm³/mol. The molecular weight excluding hydrogens is 367 g/mol. The molecule has 146 valence electrons. The highest BCUT2D eigenvalue weighted by atomic mass is 19.1. The van der Waals surface area contributed by atoms with E-state index < -0.39 is 0 Å². The van der Waals surface area contributed by atoms with Crippen LogP contribution in [0.25, 0.3) is 22.2 Å². The molecule has 4 rings (SSSR count). The molecule has 5 nitrogen and oxygen atoms in total. The second-order valence-electron chi connectivity index (χ2n) is 6.87. The molecule has 0 radical (unpaired) electrons. The number of aryl methyl sites for hydroxylation is 2. The first-order valence-corrected chi connectivity index (χ1v) is 9.52. The van der Waals surface area contributed by atoms with Crippen molar-refractivity contribution < 1.29 is 9.18 Å². The van der Waals surface area contributed by atoms with Crippen molar-refractivity contribution in [3.05, 3.63) is 83.4 Å². The fourth-order valence-electron chi connectivity index (χ4n) is 3.31. The minimum atomic E-state index is -0.298. The zero-order valence-corrected chi connectivity index (χ0v) is 16.3. The van der Waals surface area contributed by atoms with Gasteiger partial charge in [0.05, 0.1) is 22.5 Å². The highest BCUT2D eigenvalue weighted by Crippen LogP contribution is 2.26. The van der Waals surface area contributed by atoms with Crippen LogP contribution in [0.2, 0.25) is 0 Å². The molecule has 0 aliphatic heterocycles. The Morgan fingerprint density at radius 1 is 1.14 bits per heavy atom. The number of nitrogens with one attached hydrogen (secondary N) is 1. The van der Waals surface area contributed by atoms with Gasteiger partial charge >= 0.3 is 0 Å². The molecule has 2 aromatic carbocycles. The number of carbonyl (C=O) groups is 1. The van der Waals surface area contributed by atoms with Crippen molar-refractivity contribution in [3.63, 3.8) is 0 Å². The maximum Gasteiger partial charge on any atom is 0.252 e. The lowest BCUT2D eigenvalue weighted by atomic mass is 10.0. The first-order chi connectivity index (χ1) is 14.0. The molecule has 0 aliphatic carbocycles. The van der Waals surface area contributed by atoms with E-state index in [1.54, 1.807) is 12.1 Å². The smallest absolute Gasteiger partial charge is 0.252 e. The van der Waals surface area contributed by atoms with Gasteiger partial charge in [-0.1, -0.05) is 30.3 Å². The Morgan fingerprint density at radius 2 is 1.90 bits per heavy atom. The van der Waals surface area contributed by atoms with Gasteiger partial charge in [-0.3, -0.25) is 9.48 Å². The lowest BCUT2D eigenvalue weighted by Gasteiger charge is -2.10. The number of hydrogen-bond donors (Lipinski definition) is 1. The van der Waals surface area contributed by atoms with E-state index in [4.69, 9.17) is 4.98 Å². The molecule has 0 atom stereocenters. The van der Waals surface area contributed by atoms with Crippen LogP contribution in [0.15, 0.2) is 60.8 Å². The summed E-state index contributed by atoms with van der Waals surface area (Å²) in [6.45, 7) is 5.04. The average molecular weight is 388 g/mol. The van der Waals surface area contributed by atoms with Gasteiger partial charge in [-0.25, -0.2) is 9.37 Å². The molecule has 2 heterocycles. The molecule has 4 aromatic rings. The molecule has 6 heteroatoms. The summed E-state index contributed by atoms with van der Waals surface area (Å²) in [5.41, 5.74) is 4.63. The third kappa shape index (κ3) is 3.87. The Hall–Kier alpha value is -3.54. The van der Waals surface area contributed by atoms with Crippen LogP contribution in [0.4, 0.5) is 4.39 Å². The summed E-state index contributed by atoms with van der Waals surface area (Å²) in [6.07, 6.45) is 1.95. The maximum absolute atomic E-state index is 13.1. The van der Waals surface area contributed by atoms with Gasteiger partial charge in [-0.05, 0) is 43.7 Å². The Labute approximate surface area is 168 Å². The van der Waals surface area contributed by atoms with Gasteiger partial charge in [0.15, 0.2) is 0 Å². The van der Waals surface area contributed by atoms with Gasteiger partial charge in [0.1, 0.15) is 5.82 Å². The molecular formula is C23H21FN4O. The summed E-state index contributed by atoms with van der Waals surface area (Å²) in [5, 5.41) is 8.20. The van der Waals surface area contributed by atoms with Gasteiger partial charge in [0, 0.05) is 30.2 Å². The lowest BCUT2D eigenvalue weighted by Crippen LogP contribution is -2.23. The van der Waals surface area contributed by atoms with Crippen LogP contribution < -0.4 is 5.32 Å². The minimum Gasteiger partial charge on any atom is -0.348 e. The molecule has 2 aromatic heterocycles. The number of rotatable bonds is 5. The third-order valence-electron chi connectivity index (χ3n) is 4.87. The average Bonchev–Trinajstić information content (AvgIpc) is 3.13. The Kier molecular flexibility index (Phi) is 5.08. The van der Waals surface area contributed by atoms with E-state index in [0.29, 0.717) is 17.8 Å². The molecule has 0 saturated heterocycles. The van der Waals surface area contributed by atoms with Crippen molar-refractivity contribution in [1.82, 2.24) is 20.1 Å². The molecule has 0 aliphatic rings. The van der Waals surface area contributed by atoms with E-state index in [9.17, 15) is 9.18 Å². The zero-order chi connectivity index (χ0) is 20.4. The quantitative estimate of drug-likeness (QED) is 0.548. The topological polar surface area (TPSA) is 59.8 Å². The van der Waals surface area contributed by atoms with Gasteiger partial charge in [-0.2, -0.15) is 5.10 Å². The molecule has 1 N–H and O–H groups in total. The molecule has 0 saturated carbocycles. The van der Waals surface area contributed by atoms with E-state index in [1.807, 2.05) is 55.1 Å². The summed E-state index contributed by atoms with van der Waals surface area (Å²) in [7, 11) is 0. The van der Waals surface area contributed by atoms with E-state index in [-0.39, 0.29) is 11.7 Å². The van der Waals surface area contributed by atoms with Crippen molar-refractivity contribution >= 4 is 16.8 Å². The number of carbonyl (C=O) groups excluding carboxylic acids is 1. The summed E-state index contributed by atoms with van der Waals surface area (Å²) in [4.78, 5) is 17.7. The van der Waals surface area contributed by atoms with E-state index >= 15 is 0 Å². The van der Waals surface area contributed by atoms with Crippen molar-refractivity contribution in [1.29, 1.82) is 0 Å². The SMILES string of the molecule is CCn1cc(-c2cc(C(=O)NCc3ccc(F)cc3)c3ccccc3n2)c(C)n1. The molecule has 0 spiro atoms. The molecule has 0 fully saturated rings. The molecule has 0 unspecified atom stereocenters. The van der Waals surface area contributed by atoms with Crippen molar-refractivity contribution in [2.24, 2.45) is 0 Å². The fourth-order valence-corrected chi connectivity index (χ4v) is 3.31. The number of hydrogen-bond acceptors (Lipinski definition) is 3. The maximum atomic E-state index is 13.1. The predicted octanol–water partition coefficient (Wildman–Crippen LogP) is 4.50. The second-order valence-corrected chi connectivity index (χ2v) is 6.87. The lowest BCUT2D eigenvalue weighted by molar-refractivity contribution is 0.0952. The number of fused-ring (bicyclic) bond motifs is 1. The Balaban J connectivity index is 1.71. The second kappa shape index (κ2) is 7.83. The van der Waals surface area contributed by atoms with E-state index in [0.717, 1.165) is 34.3 Å². The van der Waals surface area contributed by atoms with Crippen LogP contribution in [0.3, 0.4) is 0 Å². The standard InChI is InChI=1S/C23H21FN4O/c1-3-28-14-20(15(2)27-28)22-12-19(18-6-4-5-7-21(18)26-22)23(29)25-13-16-8-10-17(24)11-9-16/h4-12,14H,3,13H2,1-2H3,(H,25,29). The molecule has 1 amide bonds. The number of benzene rings is 2. The number of amides is 1. The number of nitrogens with zero attached hydrogens (tertiary/aromatic N) is 3. The summed E-state index contributed by atoms with van der Waals surface area (Å²) in [5.74, 6) is -0.498. The van der Waals surface area contributed by atoms with Crippen LogP contribution in [-0.4, -0.2) is 20.7 Å². The highest BCUT2D eigenvalue weighted by molar-refractivity contribution is 6.07. The van der Waals surface area contributed by atoms with Crippen LogP contribution in [0, 0.1) is 12.7 Å². The van der Waals surface area contributed by atoms with Gasteiger partial charge in [0.2, 0.25) is 0 Å². The molecule has 0 bridgehead atoms. The van der Waals surface area contributed by atoms with Gasteiger partial charge < -0.3 is 5.32 Å². The summed E-state index contributed by atoms with van der Waals surface area (Å²) < 4.78 is 14.9. The number of halogens is 1. The Bertz CT molecular complexity index is 1180. The zero-order valence-electron chi connectivity index (χ0n) is 16.3. The fraction of sp³-hybridized carbons (Fsp3) is 0.174. The monoisotopic (exact) mass is 388 g/mol. The van der Waals surface area contributed by atoms with Crippen LogP contribution in [0.1, 0.15) is 28.5 Å². The van der Waals surface area contributed by atoms with E-state index in [1.165, 1.54) is 12.1 Å². The largest absolute Gasteiger partial charge is 0.348 e. The first-order valence-electron chi connectivity index (χ1n) is 9.52. The normalized spacial score (nSPS) is 11.0. The number of para-hydroxylation sites is 1. The molecule has 29 heavy (non-hydrogen) atoms. The van der Waals surface area contributed by atoms with Crippen LogP contribution >= 0.6 is 0 Å². The number of pyridine rings is 1. The highest BCUT2D eigenvalue weighted by Gasteiger charge is 2.16. The summed E-state index contributed by atoms with van der Waals surface area (Å²) >= 11 is 0. The van der Waals surface area contributed by atoms with Crippen LogP contribution in [0.5, 0.6) is 0 Å². The third-order valence-corrected chi connectivity index (χ3v) is 4.87. The summed E-state index contributed by atoms with van der Waals surface area (Å²) in [6, 6.07) is 15.5. The van der Waals surface area contributed by atoms with Crippen molar-refractivity contribution in [2.45, 2.75) is 26.9 Å². The van der Waals surface area contributed by atoms with Gasteiger partial charge in [-0.15, -0.1) is 0 Å². The van der Waals surface area contributed by atoms with Crippen molar-refractivity contribution in [2.75, 3.05) is 0 Å². The van der Waals surface area contributed by atoms with Gasteiger partial charge in [0.25, 0.3) is 5.91 Å². The van der Waals surface area contributed by atoms with Crippen LogP contribution in [-0.2, 0) is 13.1 Å². The van der Waals surface area contributed by atoms with E-state index in [2.05, 4.69) is 10.4 Å². The Morgan fingerprint density at radius 3 is 2.62 bits per heavy atom.